The molecule has 1 atom stereocenters. The Kier molecular flexibility index (Phi) is 5.23. The number of benzene rings is 2. The standard InChI is InChI=1S/C18H19ClN2O3/c1-12(14-4-2-3-5-15(14)19)20-10-18(22)21-9-13-6-7-16-17(8-13)24-11-23-16/h2-8,12,20H,9-11H2,1H3,(H,21,22)/p+1/t12-/m1/s1. The zero-order chi connectivity index (χ0) is 16.9. The van der Waals surface area contributed by atoms with Crippen LogP contribution in [-0.2, 0) is 11.3 Å². The van der Waals surface area contributed by atoms with Crippen LogP contribution in [-0.4, -0.2) is 19.2 Å². The average Bonchev–Trinajstić information content (AvgIpc) is 3.06. The Labute approximate surface area is 145 Å². The zero-order valence-corrected chi connectivity index (χ0v) is 14.2. The Hall–Kier alpha value is -2.24. The second-order valence-corrected chi connectivity index (χ2v) is 6.12. The van der Waals surface area contributed by atoms with Crippen molar-refractivity contribution in [2.24, 2.45) is 0 Å². The third-order valence-corrected chi connectivity index (χ3v) is 4.32. The van der Waals surface area contributed by atoms with Gasteiger partial charge in [0.2, 0.25) is 6.79 Å². The number of halogens is 1. The Bertz CT molecular complexity index is 736. The smallest absolute Gasteiger partial charge is 0.275 e. The van der Waals surface area contributed by atoms with Crippen LogP contribution in [0.4, 0.5) is 0 Å². The van der Waals surface area contributed by atoms with Gasteiger partial charge in [-0.25, -0.2) is 0 Å². The molecule has 0 saturated heterocycles. The van der Waals surface area contributed by atoms with E-state index >= 15 is 0 Å². The van der Waals surface area contributed by atoms with Gasteiger partial charge in [-0.05, 0) is 30.7 Å². The van der Waals surface area contributed by atoms with E-state index in [9.17, 15) is 4.79 Å². The molecule has 126 valence electrons. The van der Waals surface area contributed by atoms with Gasteiger partial charge in [-0.15, -0.1) is 0 Å². The Morgan fingerprint density at radius 3 is 2.88 bits per heavy atom. The minimum atomic E-state index is -0.0217. The van der Waals surface area contributed by atoms with Gasteiger partial charge >= 0.3 is 0 Å². The van der Waals surface area contributed by atoms with Crippen LogP contribution in [0.15, 0.2) is 42.5 Å². The number of carbonyl (C=O) groups is 1. The normalized spacial score (nSPS) is 13.6. The van der Waals surface area contributed by atoms with Gasteiger partial charge in [-0.1, -0.05) is 35.9 Å². The van der Waals surface area contributed by atoms with Crippen molar-refractivity contribution in [3.05, 3.63) is 58.6 Å². The highest BCUT2D eigenvalue weighted by Crippen LogP contribution is 2.32. The summed E-state index contributed by atoms with van der Waals surface area (Å²) in [6.45, 7) is 3.09. The molecular weight excluding hydrogens is 328 g/mol. The number of nitrogens with two attached hydrogens (primary N) is 1. The Morgan fingerprint density at radius 2 is 2.04 bits per heavy atom. The van der Waals surface area contributed by atoms with E-state index in [1.54, 1.807) is 0 Å². The highest BCUT2D eigenvalue weighted by molar-refractivity contribution is 6.31. The van der Waals surface area contributed by atoms with E-state index in [1.807, 2.05) is 54.7 Å². The van der Waals surface area contributed by atoms with Crippen LogP contribution >= 0.6 is 11.6 Å². The number of carbonyl (C=O) groups excluding carboxylic acids is 1. The lowest BCUT2D eigenvalue weighted by Crippen LogP contribution is -2.87. The molecular formula is C18H20ClN2O3+. The lowest BCUT2D eigenvalue weighted by Gasteiger charge is -2.12. The van der Waals surface area contributed by atoms with Gasteiger partial charge in [0.05, 0.1) is 0 Å². The molecule has 0 unspecified atom stereocenters. The van der Waals surface area contributed by atoms with Crippen LogP contribution in [0.25, 0.3) is 0 Å². The van der Waals surface area contributed by atoms with E-state index in [-0.39, 0.29) is 18.7 Å². The van der Waals surface area contributed by atoms with E-state index in [1.165, 1.54) is 0 Å². The van der Waals surface area contributed by atoms with E-state index < -0.39 is 0 Å². The second-order valence-electron chi connectivity index (χ2n) is 5.71. The molecule has 0 saturated carbocycles. The van der Waals surface area contributed by atoms with Crippen LogP contribution < -0.4 is 20.1 Å². The van der Waals surface area contributed by atoms with Crippen molar-refractivity contribution in [3.8, 4) is 11.5 Å². The van der Waals surface area contributed by atoms with Crippen LogP contribution in [0.5, 0.6) is 11.5 Å². The molecule has 0 spiro atoms. The minimum Gasteiger partial charge on any atom is -0.454 e. The van der Waals surface area contributed by atoms with Crippen molar-refractivity contribution in [3.63, 3.8) is 0 Å². The third-order valence-electron chi connectivity index (χ3n) is 3.98. The topological polar surface area (TPSA) is 64.2 Å². The molecule has 0 fully saturated rings. The molecule has 3 rings (SSSR count). The summed E-state index contributed by atoms with van der Waals surface area (Å²) in [7, 11) is 0. The van der Waals surface area contributed by atoms with Crippen molar-refractivity contribution < 1.29 is 19.6 Å². The predicted octanol–water partition coefficient (Wildman–Crippen LogP) is 2.01. The number of fused-ring (bicyclic) bond motifs is 1. The largest absolute Gasteiger partial charge is 0.454 e. The molecule has 2 aromatic rings. The third kappa shape index (κ3) is 3.99. The summed E-state index contributed by atoms with van der Waals surface area (Å²) in [4.78, 5) is 12.0. The first-order valence-corrected chi connectivity index (χ1v) is 8.24. The number of hydrogen-bond donors (Lipinski definition) is 2. The van der Waals surface area contributed by atoms with Crippen molar-refractivity contribution in [1.29, 1.82) is 0 Å². The van der Waals surface area contributed by atoms with Gasteiger partial charge < -0.3 is 20.1 Å². The first kappa shape index (κ1) is 16.6. The van der Waals surface area contributed by atoms with Gasteiger partial charge in [0.1, 0.15) is 6.04 Å². The summed E-state index contributed by atoms with van der Waals surface area (Å²) in [5, 5.41) is 5.60. The molecule has 1 amide bonds. The van der Waals surface area contributed by atoms with E-state index in [4.69, 9.17) is 21.1 Å². The molecule has 1 heterocycles. The summed E-state index contributed by atoms with van der Waals surface area (Å²) in [6.07, 6.45) is 0. The van der Waals surface area contributed by atoms with E-state index in [0.717, 1.165) is 27.6 Å². The Balaban J connectivity index is 1.47. The maximum Gasteiger partial charge on any atom is 0.275 e. The highest BCUT2D eigenvalue weighted by atomic mass is 35.5. The minimum absolute atomic E-state index is 0.0217. The number of quaternary nitrogens is 1. The first-order chi connectivity index (χ1) is 11.6. The quantitative estimate of drug-likeness (QED) is 0.840. The number of amides is 1. The zero-order valence-electron chi connectivity index (χ0n) is 13.4. The number of nitrogens with one attached hydrogen (secondary N) is 1. The molecule has 24 heavy (non-hydrogen) atoms. The highest BCUT2D eigenvalue weighted by Gasteiger charge is 2.15. The van der Waals surface area contributed by atoms with Crippen molar-refractivity contribution in [2.75, 3.05) is 13.3 Å². The summed E-state index contributed by atoms with van der Waals surface area (Å²) in [5.74, 6) is 1.44. The maximum absolute atomic E-state index is 12.0. The number of ether oxygens (including phenoxy) is 2. The fourth-order valence-corrected chi connectivity index (χ4v) is 2.89. The van der Waals surface area contributed by atoms with Crippen LogP contribution in [0.2, 0.25) is 5.02 Å². The SMILES string of the molecule is C[C@@H]([NH2+]CC(=O)NCc1ccc2c(c1)OCO2)c1ccccc1Cl. The monoisotopic (exact) mass is 347 g/mol. The molecule has 1 aliphatic heterocycles. The Morgan fingerprint density at radius 1 is 1.25 bits per heavy atom. The molecule has 5 nitrogen and oxygen atoms in total. The van der Waals surface area contributed by atoms with Crippen LogP contribution in [0.1, 0.15) is 24.1 Å². The summed E-state index contributed by atoms with van der Waals surface area (Å²) in [5.41, 5.74) is 2.01. The van der Waals surface area contributed by atoms with Gasteiger partial charge in [0, 0.05) is 17.1 Å². The fourth-order valence-electron chi connectivity index (χ4n) is 2.58. The summed E-state index contributed by atoms with van der Waals surface area (Å²) < 4.78 is 10.6. The van der Waals surface area contributed by atoms with Gasteiger partial charge in [-0.2, -0.15) is 0 Å². The van der Waals surface area contributed by atoms with Gasteiger partial charge in [0.15, 0.2) is 18.0 Å². The number of hydrogen-bond acceptors (Lipinski definition) is 3. The second kappa shape index (κ2) is 7.55. The average molecular weight is 348 g/mol. The van der Waals surface area contributed by atoms with E-state index in [2.05, 4.69) is 5.32 Å². The molecule has 0 aromatic heterocycles. The van der Waals surface area contributed by atoms with Crippen LogP contribution in [0, 0.1) is 0 Å². The molecule has 0 aliphatic carbocycles. The maximum atomic E-state index is 12.0. The summed E-state index contributed by atoms with van der Waals surface area (Å²) in [6, 6.07) is 13.5. The van der Waals surface area contributed by atoms with Crippen molar-refractivity contribution >= 4 is 17.5 Å². The molecule has 0 bridgehead atoms. The van der Waals surface area contributed by atoms with Crippen molar-refractivity contribution in [1.82, 2.24) is 5.32 Å². The molecule has 6 heteroatoms. The molecule has 0 radical (unpaired) electrons. The first-order valence-electron chi connectivity index (χ1n) is 7.86. The van der Waals surface area contributed by atoms with Crippen LogP contribution in [0.3, 0.4) is 0 Å². The van der Waals surface area contributed by atoms with Gasteiger partial charge in [0.25, 0.3) is 5.91 Å². The molecule has 2 aromatic carbocycles. The predicted molar refractivity (Wildman–Crippen MR) is 91.1 cm³/mol. The molecule has 1 aliphatic rings. The lowest BCUT2D eigenvalue weighted by atomic mass is 10.1. The fraction of sp³-hybridized carbons (Fsp3) is 0.278. The van der Waals surface area contributed by atoms with Crippen molar-refractivity contribution in [2.45, 2.75) is 19.5 Å². The van der Waals surface area contributed by atoms with Gasteiger partial charge in [-0.3, -0.25) is 4.79 Å². The summed E-state index contributed by atoms with van der Waals surface area (Å²) >= 11 is 6.18. The number of rotatable bonds is 6. The van der Waals surface area contributed by atoms with E-state index in [0.29, 0.717) is 13.1 Å². The lowest BCUT2D eigenvalue weighted by molar-refractivity contribution is -0.682. The molecule has 3 N–H and O–H groups in total.